The molecule has 0 aromatic heterocycles. The fourth-order valence-electron chi connectivity index (χ4n) is 4.55. The molecule has 3 rings (SSSR count). The van der Waals surface area contributed by atoms with Crippen molar-refractivity contribution in [1.82, 2.24) is 0 Å². The van der Waals surface area contributed by atoms with Gasteiger partial charge in [-0.3, -0.25) is 0 Å². The zero-order valence-corrected chi connectivity index (χ0v) is 23.0. The molecule has 0 amide bonds. The van der Waals surface area contributed by atoms with E-state index in [9.17, 15) is 15.0 Å². The zero-order chi connectivity index (χ0) is 26.1. The predicted molar refractivity (Wildman–Crippen MR) is 144 cm³/mol. The van der Waals surface area contributed by atoms with Crippen molar-refractivity contribution < 1.29 is 19.7 Å². The van der Waals surface area contributed by atoms with E-state index in [1.54, 1.807) is 12.1 Å². The minimum absolute atomic E-state index is 0.0315. The number of aliphatic hydroxyl groups is 1. The molecule has 1 heterocycles. The van der Waals surface area contributed by atoms with Crippen LogP contribution in [-0.2, 0) is 21.4 Å². The molecule has 0 spiro atoms. The first-order valence-corrected chi connectivity index (χ1v) is 13.0. The van der Waals surface area contributed by atoms with E-state index in [0.29, 0.717) is 12.8 Å². The maximum atomic E-state index is 13.3. The van der Waals surface area contributed by atoms with Crippen LogP contribution in [0.4, 0.5) is 5.69 Å². The highest BCUT2D eigenvalue weighted by molar-refractivity contribution is 8.04. The first-order chi connectivity index (χ1) is 16.2. The van der Waals surface area contributed by atoms with E-state index in [-0.39, 0.29) is 34.2 Å². The second kappa shape index (κ2) is 10.2. The summed E-state index contributed by atoms with van der Waals surface area (Å²) in [6.45, 7) is 12.6. The smallest absolute Gasteiger partial charge is 0.349 e. The SMILES string of the molecule is Cc1cc(SC2=C(O)C[C@](CCc3ccc(O)cc3)(C(C)C)OC2=O)c(C(C)(C)C)cc1N(C)C. The van der Waals surface area contributed by atoms with Gasteiger partial charge in [-0.15, -0.1) is 0 Å². The first kappa shape index (κ1) is 27.0. The Bertz CT molecular complexity index is 1110. The molecule has 0 aliphatic carbocycles. The number of rotatable bonds is 7. The number of phenols is 1. The van der Waals surface area contributed by atoms with Crippen LogP contribution in [0, 0.1) is 12.8 Å². The molecule has 35 heavy (non-hydrogen) atoms. The monoisotopic (exact) mass is 497 g/mol. The Hall–Kier alpha value is -2.60. The Labute approximate surface area is 214 Å². The Morgan fingerprint density at radius 3 is 2.26 bits per heavy atom. The molecular weight excluding hydrogens is 458 g/mol. The van der Waals surface area contributed by atoms with Crippen molar-refractivity contribution in [3.05, 3.63) is 63.8 Å². The molecule has 0 radical (unpaired) electrons. The van der Waals surface area contributed by atoms with Gasteiger partial charge in [-0.1, -0.05) is 58.5 Å². The Balaban J connectivity index is 1.92. The van der Waals surface area contributed by atoms with Crippen molar-refractivity contribution in [2.24, 2.45) is 5.92 Å². The minimum atomic E-state index is -0.777. The number of cyclic esters (lactones) is 1. The fourth-order valence-corrected chi connectivity index (χ4v) is 5.80. The van der Waals surface area contributed by atoms with Crippen molar-refractivity contribution in [2.45, 2.75) is 76.7 Å². The summed E-state index contributed by atoms with van der Waals surface area (Å²) in [7, 11) is 4.05. The highest BCUT2D eigenvalue weighted by Crippen LogP contribution is 2.46. The molecule has 2 N–H and O–H groups in total. The molecule has 6 heteroatoms. The highest BCUT2D eigenvalue weighted by Gasteiger charge is 2.44. The maximum Gasteiger partial charge on any atom is 0.349 e. The van der Waals surface area contributed by atoms with Crippen LogP contribution >= 0.6 is 11.8 Å². The fraction of sp³-hybridized carbons (Fsp3) is 0.483. The van der Waals surface area contributed by atoms with Crippen LogP contribution in [-0.4, -0.2) is 35.9 Å². The van der Waals surface area contributed by atoms with E-state index in [2.05, 4.69) is 44.7 Å². The summed E-state index contributed by atoms with van der Waals surface area (Å²) in [5.74, 6) is -0.113. The van der Waals surface area contributed by atoms with Crippen molar-refractivity contribution in [3.8, 4) is 5.75 Å². The van der Waals surface area contributed by atoms with Crippen molar-refractivity contribution >= 4 is 23.4 Å². The van der Waals surface area contributed by atoms with Crippen LogP contribution in [0.5, 0.6) is 5.75 Å². The molecule has 190 valence electrons. The van der Waals surface area contributed by atoms with E-state index >= 15 is 0 Å². The van der Waals surface area contributed by atoms with E-state index in [0.717, 1.165) is 27.3 Å². The van der Waals surface area contributed by atoms with Gasteiger partial charge >= 0.3 is 5.97 Å². The summed E-state index contributed by atoms with van der Waals surface area (Å²) >= 11 is 1.31. The van der Waals surface area contributed by atoms with Gasteiger partial charge in [-0.25, -0.2) is 4.79 Å². The second-order valence-corrected chi connectivity index (χ2v) is 12.2. The van der Waals surface area contributed by atoms with Crippen LogP contribution in [0.1, 0.15) is 64.2 Å². The lowest BCUT2D eigenvalue weighted by Gasteiger charge is -2.40. The number of aryl methyl sites for hydroxylation is 2. The average Bonchev–Trinajstić information content (AvgIpc) is 2.74. The summed E-state index contributed by atoms with van der Waals surface area (Å²) in [5, 5.41) is 20.7. The lowest BCUT2D eigenvalue weighted by molar-refractivity contribution is -0.164. The van der Waals surface area contributed by atoms with Gasteiger partial charge in [0.2, 0.25) is 0 Å². The Kier molecular flexibility index (Phi) is 7.85. The van der Waals surface area contributed by atoms with E-state index in [4.69, 9.17) is 4.74 Å². The molecule has 0 bridgehead atoms. The number of aliphatic hydroxyl groups excluding tert-OH is 1. The molecule has 5 nitrogen and oxygen atoms in total. The summed E-state index contributed by atoms with van der Waals surface area (Å²) in [4.78, 5) is 16.6. The van der Waals surface area contributed by atoms with Crippen molar-refractivity contribution in [2.75, 3.05) is 19.0 Å². The largest absolute Gasteiger partial charge is 0.511 e. The first-order valence-electron chi connectivity index (χ1n) is 12.2. The number of carbonyl (C=O) groups is 1. The number of benzene rings is 2. The summed E-state index contributed by atoms with van der Waals surface area (Å²) in [5.41, 5.74) is 3.51. The molecule has 0 fully saturated rings. The third-order valence-electron chi connectivity index (χ3n) is 6.84. The number of thioether (sulfide) groups is 1. The van der Waals surface area contributed by atoms with Crippen molar-refractivity contribution in [3.63, 3.8) is 0 Å². The van der Waals surface area contributed by atoms with E-state index in [1.807, 2.05) is 40.1 Å². The maximum absolute atomic E-state index is 13.3. The molecule has 2 aromatic rings. The summed E-state index contributed by atoms with van der Waals surface area (Å²) in [6.07, 6.45) is 1.56. The number of anilines is 1. The van der Waals surface area contributed by atoms with Gasteiger partial charge in [0.05, 0.1) is 0 Å². The normalized spacial score (nSPS) is 18.7. The minimum Gasteiger partial charge on any atom is -0.511 e. The number of phenolic OH excluding ortho intramolecular Hbond substituents is 1. The quantitative estimate of drug-likeness (QED) is 0.406. The van der Waals surface area contributed by atoms with Gasteiger partial charge in [0.15, 0.2) is 0 Å². The Morgan fingerprint density at radius 1 is 1.11 bits per heavy atom. The molecule has 1 atom stereocenters. The number of aromatic hydroxyl groups is 1. The lowest BCUT2D eigenvalue weighted by atomic mass is 9.80. The summed E-state index contributed by atoms with van der Waals surface area (Å²) < 4.78 is 6.12. The standard InChI is InChI=1S/C29H39NO4S/c1-18(2)29(14-13-20-9-11-21(31)12-10-20)17-24(32)26(27(33)34-29)35-25-15-19(3)23(30(7)8)16-22(25)28(4,5)6/h9-12,15-16,18,31-32H,13-14,17H2,1-8H3/t29-/m1/s1. The summed E-state index contributed by atoms with van der Waals surface area (Å²) in [6, 6.07) is 11.3. The van der Waals surface area contributed by atoms with Crippen LogP contribution in [0.25, 0.3) is 0 Å². The number of esters is 1. The molecule has 0 saturated heterocycles. The van der Waals surface area contributed by atoms with Gasteiger partial charge in [0.1, 0.15) is 22.0 Å². The van der Waals surface area contributed by atoms with Crippen LogP contribution in [0.15, 0.2) is 52.0 Å². The number of carbonyl (C=O) groups excluding carboxylic acids is 1. The number of ether oxygens (including phenoxy) is 1. The third kappa shape index (κ3) is 5.97. The number of hydrogen-bond donors (Lipinski definition) is 2. The second-order valence-electron chi connectivity index (χ2n) is 11.1. The number of nitrogens with zero attached hydrogens (tertiary/aromatic N) is 1. The highest BCUT2D eigenvalue weighted by atomic mass is 32.2. The Morgan fingerprint density at radius 2 is 1.74 bits per heavy atom. The van der Waals surface area contributed by atoms with E-state index < -0.39 is 11.6 Å². The van der Waals surface area contributed by atoms with Gasteiger partial charge in [-0.2, -0.15) is 0 Å². The number of hydrogen-bond acceptors (Lipinski definition) is 6. The van der Waals surface area contributed by atoms with E-state index in [1.165, 1.54) is 11.8 Å². The van der Waals surface area contributed by atoms with Gasteiger partial charge in [0, 0.05) is 31.1 Å². The van der Waals surface area contributed by atoms with Crippen LogP contribution in [0.2, 0.25) is 0 Å². The zero-order valence-electron chi connectivity index (χ0n) is 22.2. The molecule has 0 unspecified atom stereocenters. The van der Waals surface area contributed by atoms with Crippen LogP contribution < -0.4 is 4.90 Å². The van der Waals surface area contributed by atoms with Gasteiger partial charge in [-0.05, 0) is 72.1 Å². The molecular formula is C29H39NO4S. The topological polar surface area (TPSA) is 70.0 Å². The third-order valence-corrected chi connectivity index (χ3v) is 8.00. The van der Waals surface area contributed by atoms with Crippen LogP contribution in [0.3, 0.4) is 0 Å². The molecule has 2 aromatic carbocycles. The lowest BCUT2D eigenvalue weighted by Crippen LogP contribution is -2.44. The van der Waals surface area contributed by atoms with Gasteiger partial charge in [0.25, 0.3) is 0 Å². The molecule has 1 aliphatic heterocycles. The molecule has 0 saturated carbocycles. The molecule has 1 aliphatic rings. The van der Waals surface area contributed by atoms with Gasteiger partial charge < -0.3 is 19.8 Å². The predicted octanol–water partition coefficient (Wildman–Crippen LogP) is 6.90. The average molecular weight is 498 g/mol. The van der Waals surface area contributed by atoms with Crippen molar-refractivity contribution in [1.29, 1.82) is 0 Å².